The SMILES string of the molecule is FC(F)(F)c1[c]cnc(Br)n1. The molecule has 0 atom stereocenters. The number of halogens is 4. The number of nitrogens with zero attached hydrogens (tertiary/aromatic N) is 2. The van der Waals surface area contributed by atoms with E-state index in [2.05, 4.69) is 25.9 Å². The van der Waals surface area contributed by atoms with E-state index < -0.39 is 11.9 Å². The molecule has 0 aliphatic heterocycles. The van der Waals surface area contributed by atoms with Crippen molar-refractivity contribution in [2.45, 2.75) is 6.18 Å². The highest BCUT2D eigenvalue weighted by molar-refractivity contribution is 9.10. The summed E-state index contributed by atoms with van der Waals surface area (Å²) in [4.78, 5) is 6.47. The lowest BCUT2D eigenvalue weighted by molar-refractivity contribution is -0.141. The maximum atomic E-state index is 11.8. The van der Waals surface area contributed by atoms with Gasteiger partial charge in [0.1, 0.15) is 0 Å². The Hall–Kier alpha value is -0.650. The average molecular weight is 226 g/mol. The van der Waals surface area contributed by atoms with Crippen LogP contribution in [0.3, 0.4) is 0 Å². The average Bonchev–Trinajstić information content (AvgIpc) is 1.86. The lowest BCUT2D eigenvalue weighted by Gasteiger charge is -2.02. The van der Waals surface area contributed by atoms with E-state index in [0.29, 0.717) is 0 Å². The third-order valence-corrected chi connectivity index (χ3v) is 1.23. The van der Waals surface area contributed by atoms with Crippen LogP contribution in [0.2, 0.25) is 0 Å². The molecule has 2 nitrogen and oxygen atoms in total. The van der Waals surface area contributed by atoms with E-state index in [1.165, 1.54) is 0 Å². The molecular weight excluding hydrogens is 225 g/mol. The van der Waals surface area contributed by atoms with Crippen LogP contribution in [-0.2, 0) is 6.18 Å². The molecule has 0 spiro atoms. The van der Waals surface area contributed by atoms with Crippen LogP contribution in [0.4, 0.5) is 13.2 Å². The third kappa shape index (κ3) is 2.14. The van der Waals surface area contributed by atoms with Crippen molar-refractivity contribution in [1.82, 2.24) is 9.97 Å². The summed E-state index contributed by atoms with van der Waals surface area (Å²) in [5, 5.41) is 0. The first-order valence-electron chi connectivity index (χ1n) is 2.47. The fourth-order valence-electron chi connectivity index (χ4n) is 0.445. The van der Waals surface area contributed by atoms with Crippen LogP contribution in [0, 0.1) is 6.07 Å². The van der Waals surface area contributed by atoms with Gasteiger partial charge < -0.3 is 0 Å². The Balaban J connectivity index is 3.06. The van der Waals surface area contributed by atoms with E-state index >= 15 is 0 Å². The molecule has 0 aliphatic rings. The number of hydrogen-bond acceptors (Lipinski definition) is 2. The summed E-state index contributed by atoms with van der Waals surface area (Å²) in [6.45, 7) is 0. The molecule has 11 heavy (non-hydrogen) atoms. The Morgan fingerprint density at radius 3 is 2.45 bits per heavy atom. The van der Waals surface area contributed by atoms with Crippen LogP contribution in [0.15, 0.2) is 10.9 Å². The van der Waals surface area contributed by atoms with Gasteiger partial charge in [-0.3, -0.25) is 0 Å². The van der Waals surface area contributed by atoms with Crippen molar-refractivity contribution in [1.29, 1.82) is 0 Å². The quantitative estimate of drug-likeness (QED) is 0.632. The molecule has 0 unspecified atom stereocenters. The molecule has 0 bridgehead atoms. The van der Waals surface area contributed by atoms with Gasteiger partial charge in [0.05, 0.1) is 0 Å². The Kier molecular flexibility index (Phi) is 2.12. The fraction of sp³-hybridized carbons (Fsp3) is 0.200. The van der Waals surface area contributed by atoms with Gasteiger partial charge in [-0.25, -0.2) is 9.97 Å². The van der Waals surface area contributed by atoms with Gasteiger partial charge in [0, 0.05) is 12.3 Å². The van der Waals surface area contributed by atoms with Gasteiger partial charge in [-0.2, -0.15) is 13.2 Å². The van der Waals surface area contributed by atoms with Crippen molar-refractivity contribution in [2.24, 2.45) is 0 Å². The second-order valence-corrected chi connectivity index (χ2v) is 2.34. The zero-order valence-electron chi connectivity index (χ0n) is 4.98. The molecule has 6 heteroatoms. The zero-order chi connectivity index (χ0) is 8.48. The highest BCUT2D eigenvalue weighted by Crippen LogP contribution is 2.26. The zero-order valence-corrected chi connectivity index (χ0v) is 6.57. The second kappa shape index (κ2) is 2.77. The van der Waals surface area contributed by atoms with Gasteiger partial charge in [-0.1, -0.05) is 0 Å². The van der Waals surface area contributed by atoms with Crippen LogP contribution < -0.4 is 0 Å². The van der Waals surface area contributed by atoms with E-state index in [0.717, 1.165) is 6.20 Å². The third-order valence-electron chi connectivity index (χ3n) is 0.845. The van der Waals surface area contributed by atoms with Gasteiger partial charge in [-0.05, 0) is 15.9 Å². The maximum Gasteiger partial charge on any atom is 0.434 e. The number of alkyl halides is 3. The fourth-order valence-corrected chi connectivity index (χ4v) is 0.725. The molecule has 1 rings (SSSR count). The minimum Gasteiger partial charge on any atom is -0.230 e. The standard InChI is InChI=1S/C5HBrF3N2/c6-4-10-2-1-3(11-4)5(7,8)9/h2H. The molecule has 0 amide bonds. The summed E-state index contributed by atoms with van der Waals surface area (Å²) < 4.78 is 35.4. The molecule has 1 aromatic heterocycles. The van der Waals surface area contributed by atoms with Crippen LogP contribution in [0.25, 0.3) is 0 Å². The highest BCUT2D eigenvalue weighted by atomic mass is 79.9. The summed E-state index contributed by atoms with van der Waals surface area (Å²) in [7, 11) is 0. The molecular formula is C5HBrF3N2. The van der Waals surface area contributed by atoms with E-state index in [-0.39, 0.29) is 4.73 Å². The number of hydrogen-bond donors (Lipinski definition) is 0. The largest absolute Gasteiger partial charge is 0.434 e. The van der Waals surface area contributed by atoms with Gasteiger partial charge in [0.2, 0.25) is 0 Å². The molecule has 0 aliphatic carbocycles. The van der Waals surface area contributed by atoms with Crippen molar-refractivity contribution in [3.63, 3.8) is 0 Å². The van der Waals surface area contributed by atoms with Crippen LogP contribution in [0.1, 0.15) is 5.69 Å². The number of rotatable bonds is 0. The lowest BCUT2D eigenvalue weighted by atomic mass is 10.4. The molecule has 0 fully saturated rings. The van der Waals surface area contributed by atoms with E-state index in [1.807, 2.05) is 6.07 Å². The van der Waals surface area contributed by atoms with Gasteiger partial charge in [-0.15, -0.1) is 0 Å². The monoisotopic (exact) mass is 225 g/mol. The van der Waals surface area contributed by atoms with Gasteiger partial charge in [0.25, 0.3) is 0 Å². The minimum atomic E-state index is -4.45. The predicted octanol–water partition coefficient (Wildman–Crippen LogP) is 2.06. The lowest BCUT2D eigenvalue weighted by Crippen LogP contribution is -2.08. The first kappa shape index (κ1) is 8.45. The van der Waals surface area contributed by atoms with Crippen LogP contribution in [0.5, 0.6) is 0 Å². The predicted molar refractivity (Wildman–Crippen MR) is 33.6 cm³/mol. The van der Waals surface area contributed by atoms with Crippen molar-refractivity contribution in [3.05, 3.63) is 22.7 Å². The van der Waals surface area contributed by atoms with E-state index in [9.17, 15) is 13.2 Å². The Morgan fingerprint density at radius 2 is 2.09 bits per heavy atom. The minimum absolute atomic E-state index is 0.0939. The number of aromatic nitrogens is 2. The summed E-state index contributed by atoms with van der Waals surface area (Å²) in [5.74, 6) is 0. The molecule has 1 heterocycles. The summed E-state index contributed by atoms with van der Waals surface area (Å²) in [6, 6.07) is 1.87. The van der Waals surface area contributed by atoms with Crippen molar-refractivity contribution >= 4 is 15.9 Å². The molecule has 0 N–H and O–H groups in total. The van der Waals surface area contributed by atoms with Crippen molar-refractivity contribution in [2.75, 3.05) is 0 Å². The normalized spacial score (nSPS) is 11.6. The molecule has 0 aromatic carbocycles. The first-order valence-corrected chi connectivity index (χ1v) is 3.27. The van der Waals surface area contributed by atoms with Crippen LogP contribution >= 0.6 is 15.9 Å². The van der Waals surface area contributed by atoms with E-state index in [1.54, 1.807) is 0 Å². The molecule has 0 saturated heterocycles. The summed E-state index contributed by atoms with van der Waals surface area (Å²) in [5.41, 5.74) is -1.07. The van der Waals surface area contributed by atoms with E-state index in [4.69, 9.17) is 0 Å². The van der Waals surface area contributed by atoms with Gasteiger partial charge >= 0.3 is 6.18 Å². The summed E-state index contributed by atoms with van der Waals surface area (Å²) >= 11 is 2.71. The highest BCUT2D eigenvalue weighted by Gasteiger charge is 2.32. The van der Waals surface area contributed by atoms with Crippen LogP contribution in [-0.4, -0.2) is 9.97 Å². The molecule has 1 aromatic rings. The Labute approximate surface area is 68.6 Å². The van der Waals surface area contributed by atoms with Gasteiger partial charge in [0.15, 0.2) is 10.4 Å². The van der Waals surface area contributed by atoms with Crippen molar-refractivity contribution in [3.8, 4) is 0 Å². The molecule has 59 valence electrons. The molecule has 0 saturated carbocycles. The Morgan fingerprint density at radius 1 is 1.45 bits per heavy atom. The molecule has 1 radical (unpaired) electrons. The smallest absolute Gasteiger partial charge is 0.230 e. The topological polar surface area (TPSA) is 25.8 Å². The summed E-state index contributed by atoms with van der Waals surface area (Å²) in [6.07, 6.45) is -3.54. The first-order chi connectivity index (χ1) is 5.00. The Bertz CT molecular complexity index is 260. The maximum absolute atomic E-state index is 11.8. The second-order valence-electron chi connectivity index (χ2n) is 1.63. The van der Waals surface area contributed by atoms with Crippen molar-refractivity contribution < 1.29 is 13.2 Å².